The van der Waals surface area contributed by atoms with Gasteiger partial charge in [0.05, 0.1) is 19.7 Å². The van der Waals surface area contributed by atoms with Crippen LogP contribution in [0, 0.1) is 0 Å². The van der Waals surface area contributed by atoms with E-state index in [0.717, 1.165) is 0 Å². The SMILES string of the molecule is COc1nc(-n2cc(S(N)(=O)=O)c3cccc(-c4ncccn4)c32)nc(OC)c1OC(F)F. The molecule has 0 saturated carbocycles. The Morgan fingerprint density at radius 1 is 1.03 bits per heavy atom. The summed E-state index contributed by atoms with van der Waals surface area (Å²) in [5.41, 5.74) is 0.747. The number of alkyl halides is 2. The van der Waals surface area contributed by atoms with Gasteiger partial charge in [-0.1, -0.05) is 12.1 Å². The Labute approximate surface area is 185 Å². The number of benzene rings is 1. The molecule has 33 heavy (non-hydrogen) atoms. The summed E-state index contributed by atoms with van der Waals surface area (Å²) in [7, 11) is -1.79. The average molecular weight is 478 g/mol. The monoisotopic (exact) mass is 478 g/mol. The molecule has 0 saturated heterocycles. The number of aromatic nitrogens is 5. The number of hydrogen-bond acceptors (Lipinski definition) is 9. The highest BCUT2D eigenvalue weighted by atomic mass is 32.2. The minimum atomic E-state index is -4.17. The summed E-state index contributed by atoms with van der Waals surface area (Å²) in [6.45, 7) is -3.19. The lowest BCUT2D eigenvalue weighted by Gasteiger charge is -2.14. The summed E-state index contributed by atoms with van der Waals surface area (Å²) in [6.07, 6.45) is 4.25. The molecule has 14 heteroatoms. The molecule has 0 radical (unpaired) electrons. The first kappa shape index (κ1) is 22.3. The molecular weight excluding hydrogens is 462 g/mol. The molecule has 0 spiro atoms. The second-order valence-corrected chi connectivity index (χ2v) is 7.96. The van der Waals surface area contributed by atoms with E-state index in [9.17, 15) is 17.2 Å². The van der Waals surface area contributed by atoms with Gasteiger partial charge in [0.1, 0.15) is 4.90 Å². The van der Waals surface area contributed by atoms with Crippen LogP contribution in [0.4, 0.5) is 8.78 Å². The molecule has 3 aromatic heterocycles. The normalized spacial score (nSPS) is 11.7. The van der Waals surface area contributed by atoms with Crippen LogP contribution in [-0.4, -0.2) is 53.8 Å². The maximum atomic E-state index is 12.9. The fourth-order valence-electron chi connectivity index (χ4n) is 3.23. The number of halogens is 2. The zero-order chi connectivity index (χ0) is 23.8. The van der Waals surface area contributed by atoms with Gasteiger partial charge in [0.2, 0.25) is 21.7 Å². The Bertz CT molecular complexity index is 1400. The molecule has 0 amide bonds. The van der Waals surface area contributed by atoms with Crippen LogP contribution in [0.25, 0.3) is 28.2 Å². The molecule has 0 fully saturated rings. The van der Waals surface area contributed by atoms with Crippen molar-refractivity contribution in [1.82, 2.24) is 24.5 Å². The summed E-state index contributed by atoms with van der Waals surface area (Å²) >= 11 is 0. The van der Waals surface area contributed by atoms with Crippen molar-refractivity contribution in [2.24, 2.45) is 5.14 Å². The summed E-state index contributed by atoms with van der Waals surface area (Å²) in [4.78, 5) is 16.5. The Balaban J connectivity index is 2.08. The van der Waals surface area contributed by atoms with Crippen molar-refractivity contribution in [2.45, 2.75) is 11.5 Å². The van der Waals surface area contributed by atoms with Gasteiger partial charge in [-0.25, -0.2) is 23.5 Å². The number of nitrogens with zero attached hydrogens (tertiary/aromatic N) is 5. The van der Waals surface area contributed by atoms with Crippen LogP contribution < -0.4 is 19.3 Å². The standard InChI is InChI=1S/C19H16F2N6O5S/c1-30-16-14(32-18(20)21)17(31-2)26-19(25-16)27-9-12(33(22,28)29)10-5-3-6-11(13(10)27)15-23-7-4-8-24-15/h3-9,18H,1-2H3,(H2,22,28,29). The molecule has 4 rings (SSSR count). The van der Waals surface area contributed by atoms with E-state index in [0.29, 0.717) is 16.9 Å². The number of rotatable bonds is 7. The number of methoxy groups -OCH3 is 2. The molecule has 4 aromatic rings. The van der Waals surface area contributed by atoms with E-state index >= 15 is 0 Å². The lowest BCUT2D eigenvalue weighted by atomic mass is 10.1. The molecule has 1 aromatic carbocycles. The maximum absolute atomic E-state index is 12.9. The molecule has 0 unspecified atom stereocenters. The van der Waals surface area contributed by atoms with E-state index in [4.69, 9.17) is 14.6 Å². The van der Waals surface area contributed by atoms with Crippen molar-refractivity contribution in [3.05, 3.63) is 42.9 Å². The first-order valence-corrected chi connectivity index (χ1v) is 10.7. The third-order valence-electron chi connectivity index (χ3n) is 4.50. The van der Waals surface area contributed by atoms with Gasteiger partial charge in [-0.05, 0) is 12.1 Å². The molecule has 0 atom stereocenters. The van der Waals surface area contributed by atoms with Gasteiger partial charge in [-0.2, -0.15) is 18.7 Å². The molecular formula is C19H16F2N6O5S. The quantitative estimate of drug-likeness (QED) is 0.422. The minimum Gasteiger partial charge on any atom is -0.478 e. The molecule has 0 aliphatic carbocycles. The highest BCUT2D eigenvalue weighted by Crippen LogP contribution is 2.38. The Kier molecular flexibility index (Phi) is 5.78. The van der Waals surface area contributed by atoms with Crippen LogP contribution in [0.3, 0.4) is 0 Å². The highest BCUT2D eigenvalue weighted by molar-refractivity contribution is 7.89. The van der Waals surface area contributed by atoms with Crippen molar-refractivity contribution in [3.8, 4) is 34.8 Å². The second-order valence-electron chi connectivity index (χ2n) is 6.43. The van der Waals surface area contributed by atoms with Crippen molar-refractivity contribution in [3.63, 3.8) is 0 Å². The number of nitrogens with two attached hydrogens (primary N) is 1. The molecule has 2 N–H and O–H groups in total. The molecule has 3 heterocycles. The largest absolute Gasteiger partial charge is 0.478 e. The maximum Gasteiger partial charge on any atom is 0.387 e. The van der Waals surface area contributed by atoms with Crippen LogP contribution in [0.15, 0.2) is 47.8 Å². The Morgan fingerprint density at radius 3 is 2.21 bits per heavy atom. The first-order chi connectivity index (χ1) is 15.7. The summed E-state index contributed by atoms with van der Waals surface area (Å²) < 4.78 is 66.2. The predicted molar refractivity (Wildman–Crippen MR) is 111 cm³/mol. The molecule has 0 aliphatic heterocycles. The fraction of sp³-hybridized carbons (Fsp3) is 0.158. The Morgan fingerprint density at radius 2 is 1.67 bits per heavy atom. The molecule has 0 bridgehead atoms. The number of sulfonamides is 1. The van der Waals surface area contributed by atoms with Gasteiger partial charge >= 0.3 is 6.61 Å². The molecule has 11 nitrogen and oxygen atoms in total. The van der Waals surface area contributed by atoms with Gasteiger partial charge in [-0.15, -0.1) is 0 Å². The average Bonchev–Trinajstić information content (AvgIpc) is 3.20. The number of hydrogen-bond donors (Lipinski definition) is 1. The zero-order valence-corrected chi connectivity index (χ0v) is 18.0. The van der Waals surface area contributed by atoms with Crippen LogP contribution in [0.1, 0.15) is 0 Å². The van der Waals surface area contributed by atoms with Gasteiger partial charge in [0, 0.05) is 29.5 Å². The van der Waals surface area contributed by atoms with Crippen molar-refractivity contribution in [1.29, 1.82) is 0 Å². The molecule has 172 valence electrons. The summed E-state index contributed by atoms with van der Waals surface area (Å²) in [5.74, 6) is -1.10. The topological polar surface area (TPSA) is 144 Å². The van der Waals surface area contributed by atoms with Gasteiger partial charge in [0.25, 0.3) is 11.8 Å². The zero-order valence-electron chi connectivity index (χ0n) is 17.1. The van der Waals surface area contributed by atoms with Crippen molar-refractivity contribution in [2.75, 3.05) is 14.2 Å². The molecule has 0 aliphatic rings. The number of fused-ring (bicyclic) bond motifs is 1. The third kappa shape index (κ3) is 4.12. The van der Waals surface area contributed by atoms with Crippen molar-refractivity contribution >= 4 is 20.9 Å². The predicted octanol–water partition coefficient (Wildman–Crippen LogP) is 2.14. The van der Waals surface area contributed by atoms with Crippen molar-refractivity contribution < 1.29 is 31.4 Å². The van der Waals surface area contributed by atoms with E-state index < -0.39 is 22.4 Å². The van der Waals surface area contributed by atoms with E-state index in [1.54, 1.807) is 24.3 Å². The van der Waals surface area contributed by atoms with Crippen LogP contribution in [-0.2, 0) is 10.0 Å². The number of para-hydroxylation sites is 1. The Hall–Kier alpha value is -3.91. The third-order valence-corrected chi connectivity index (χ3v) is 5.44. The van der Waals surface area contributed by atoms with Crippen LogP contribution in [0.2, 0.25) is 0 Å². The fourth-order valence-corrected chi connectivity index (χ4v) is 3.95. The van der Waals surface area contributed by atoms with E-state index in [2.05, 4.69) is 24.7 Å². The second kappa shape index (κ2) is 8.55. The van der Waals surface area contributed by atoms with E-state index in [1.165, 1.54) is 37.4 Å². The highest BCUT2D eigenvalue weighted by Gasteiger charge is 2.26. The smallest absolute Gasteiger partial charge is 0.387 e. The summed E-state index contributed by atoms with van der Waals surface area (Å²) in [6, 6.07) is 6.46. The van der Waals surface area contributed by atoms with Gasteiger partial charge < -0.3 is 14.2 Å². The van der Waals surface area contributed by atoms with Crippen LogP contribution >= 0.6 is 0 Å². The van der Waals surface area contributed by atoms with Gasteiger partial charge in [-0.3, -0.25) is 4.57 Å². The van der Waals surface area contributed by atoms with E-state index in [1.807, 2.05) is 0 Å². The van der Waals surface area contributed by atoms with Gasteiger partial charge in [0.15, 0.2) is 5.82 Å². The lowest BCUT2D eigenvalue weighted by molar-refractivity contribution is -0.0534. The minimum absolute atomic E-state index is 0.159. The summed E-state index contributed by atoms with van der Waals surface area (Å²) in [5, 5.41) is 5.68. The van der Waals surface area contributed by atoms with E-state index in [-0.39, 0.29) is 28.0 Å². The van der Waals surface area contributed by atoms with Crippen LogP contribution in [0.5, 0.6) is 17.5 Å². The number of ether oxygens (including phenoxy) is 3. The first-order valence-electron chi connectivity index (χ1n) is 9.14. The number of primary sulfonamides is 1. The lowest BCUT2D eigenvalue weighted by Crippen LogP contribution is -2.12.